The standard InChI is InChI=1S/C25H29N5O/c1-19-7-4-8-20(15-19)23-17-24(28-18-27-23)29-22-10-5-9-21(16-22)25(31)26-11-6-14-30-12-2-3-13-30/h4-5,7-10,15-18H,2-3,6,11-14H2,1H3,(H,26,31)(H,27,28,29). The third kappa shape index (κ3) is 5.89. The highest BCUT2D eigenvalue weighted by atomic mass is 16.1. The number of carbonyl (C=O) groups is 1. The highest BCUT2D eigenvalue weighted by Gasteiger charge is 2.11. The molecule has 0 aliphatic carbocycles. The molecule has 1 fully saturated rings. The number of rotatable bonds is 8. The summed E-state index contributed by atoms with van der Waals surface area (Å²) in [6.07, 6.45) is 5.12. The number of nitrogens with one attached hydrogen (secondary N) is 2. The first kappa shape index (κ1) is 21.0. The Bertz CT molecular complexity index is 1030. The first-order valence-corrected chi connectivity index (χ1v) is 10.9. The minimum atomic E-state index is -0.0480. The summed E-state index contributed by atoms with van der Waals surface area (Å²) in [7, 11) is 0. The zero-order valence-electron chi connectivity index (χ0n) is 18.0. The van der Waals surface area contributed by atoms with Crippen molar-refractivity contribution in [2.45, 2.75) is 26.2 Å². The van der Waals surface area contributed by atoms with Crippen molar-refractivity contribution in [1.82, 2.24) is 20.2 Å². The van der Waals surface area contributed by atoms with E-state index >= 15 is 0 Å². The van der Waals surface area contributed by atoms with Crippen molar-refractivity contribution < 1.29 is 4.79 Å². The van der Waals surface area contributed by atoms with Gasteiger partial charge in [-0.3, -0.25) is 4.79 Å². The molecule has 1 amide bonds. The van der Waals surface area contributed by atoms with Crippen LogP contribution in [0.15, 0.2) is 60.9 Å². The molecule has 6 nitrogen and oxygen atoms in total. The first-order chi connectivity index (χ1) is 15.2. The average Bonchev–Trinajstić information content (AvgIpc) is 3.31. The van der Waals surface area contributed by atoms with Crippen LogP contribution in [0.25, 0.3) is 11.3 Å². The van der Waals surface area contributed by atoms with Crippen LogP contribution in [0, 0.1) is 6.92 Å². The molecule has 0 saturated carbocycles. The molecule has 0 radical (unpaired) electrons. The fourth-order valence-corrected chi connectivity index (χ4v) is 3.89. The minimum Gasteiger partial charge on any atom is -0.352 e. The summed E-state index contributed by atoms with van der Waals surface area (Å²) in [5.41, 5.74) is 4.54. The Morgan fingerprint density at radius 3 is 2.71 bits per heavy atom. The fraction of sp³-hybridized carbons (Fsp3) is 0.320. The third-order valence-electron chi connectivity index (χ3n) is 5.51. The van der Waals surface area contributed by atoms with Gasteiger partial charge in [-0.15, -0.1) is 0 Å². The van der Waals surface area contributed by atoms with E-state index in [-0.39, 0.29) is 5.91 Å². The van der Waals surface area contributed by atoms with Crippen LogP contribution >= 0.6 is 0 Å². The van der Waals surface area contributed by atoms with Gasteiger partial charge in [0.2, 0.25) is 0 Å². The number of aryl methyl sites for hydroxylation is 1. The van der Waals surface area contributed by atoms with E-state index in [4.69, 9.17) is 0 Å². The molecule has 1 saturated heterocycles. The van der Waals surface area contributed by atoms with E-state index < -0.39 is 0 Å². The van der Waals surface area contributed by atoms with Crippen molar-refractivity contribution in [3.05, 3.63) is 72.1 Å². The summed E-state index contributed by atoms with van der Waals surface area (Å²) < 4.78 is 0. The Balaban J connectivity index is 1.36. The second kappa shape index (κ2) is 10.2. The molecule has 0 bridgehead atoms. The van der Waals surface area contributed by atoms with Gasteiger partial charge in [-0.25, -0.2) is 9.97 Å². The van der Waals surface area contributed by atoms with Gasteiger partial charge in [-0.1, -0.05) is 29.8 Å². The largest absolute Gasteiger partial charge is 0.352 e. The molecule has 31 heavy (non-hydrogen) atoms. The Morgan fingerprint density at radius 1 is 1.03 bits per heavy atom. The number of hydrogen-bond donors (Lipinski definition) is 2. The summed E-state index contributed by atoms with van der Waals surface area (Å²) in [4.78, 5) is 23.7. The van der Waals surface area contributed by atoms with E-state index in [9.17, 15) is 4.79 Å². The van der Waals surface area contributed by atoms with Gasteiger partial charge in [0.05, 0.1) is 5.69 Å². The van der Waals surface area contributed by atoms with Crippen molar-refractivity contribution in [2.75, 3.05) is 31.5 Å². The number of anilines is 2. The quantitative estimate of drug-likeness (QED) is 0.533. The van der Waals surface area contributed by atoms with E-state index in [1.54, 1.807) is 6.33 Å². The zero-order valence-corrected chi connectivity index (χ0v) is 18.0. The maximum atomic E-state index is 12.5. The van der Waals surface area contributed by atoms with Crippen LogP contribution in [0.2, 0.25) is 0 Å². The van der Waals surface area contributed by atoms with Crippen LogP contribution in [-0.4, -0.2) is 47.0 Å². The number of carbonyl (C=O) groups excluding carboxylic acids is 1. The van der Waals surface area contributed by atoms with Crippen molar-refractivity contribution in [2.24, 2.45) is 0 Å². The Morgan fingerprint density at radius 2 is 1.87 bits per heavy atom. The highest BCUT2D eigenvalue weighted by molar-refractivity contribution is 5.95. The Kier molecular flexibility index (Phi) is 6.89. The molecule has 0 unspecified atom stereocenters. The predicted molar refractivity (Wildman–Crippen MR) is 125 cm³/mol. The van der Waals surface area contributed by atoms with Crippen LogP contribution in [0.5, 0.6) is 0 Å². The van der Waals surface area contributed by atoms with Crippen LogP contribution in [0.4, 0.5) is 11.5 Å². The molecule has 6 heteroatoms. The van der Waals surface area contributed by atoms with E-state index in [1.807, 2.05) is 42.5 Å². The van der Waals surface area contributed by atoms with E-state index in [0.717, 1.165) is 29.9 Å². The molecular formula is C25H29N5O. The fourth-order valence-electron chi connectivity index (χ4n) is 3.89. The molecule has 2 heterocycles. The van der Waals surface area contributed by atoms with E-state index in [2.05, 4.69) is 44.6 Å². The van der Waals surface area contributed by atoms with Gasteiger partial charge in [0.15, 0.2) is 0 Å². The summed E-state index contributed by atoms with van der Waals surface area (Å²) in [5, 5.41) is 6.32. The molecule has 4 rings (SSSR count). The van der Waals surface area contributed by atoms with Crippen molar-refractivity contribution in [3.63, 3.8) is 0 Å². The molecule has 2 aromatic carbocycles. The van der Waals surface area contributed by atoms with Crippen LogP contribution < -0.4 is 10.6 Å². The lowest BCUT2D eigenvalue weighted by Gasteiger charge is -2.14. The van der Waals surface area contributed by atoms with Crippen molar-refractivity contribution >= 4 is 17.4 Å². The molecule has 0 spiro atoms. The van der Waals surface area contributed by atoms with Gasteiger partial charge in [-0.2, -0.15) is 0 Å². The van der Waals surface area contributed by atoms with Gasteiger partial charge >= 0.3 is 0 Å². The molecule has 0 atom stereocenters. The Labute approximate surface area is 183 Å². The lowest BCUT2D eigenvalue weighted by molar-refractivity contribution is 0.0952. The van der Waals surface area contributed by atoms with Gasteiger partial charge in [0.25, 0.3) is 5.91 Å². The summed E-state index contributed by atoms with van der Waals surface area (Å²) >= 11 is 0. The van der Waals surface area contributed by atoms with Gasteiger partial charge in [-0.05, 0) is 70.1 Å². The first-order valence-electron chi connectivity index (χ1n) is 10.9. The normalized spacial score (nSPS) is 13.8. The summed E-state index contributed by atoms with van der Waals surface area (Å²) in [6.45, 7) is 6.19. The number of benzene rings is 2. The monoisotopic (exact) mass is 415 g/mol. The van der Waals surface area contributed by atoms with E-state index in [0.29, 0.717) is 17.9 Å². The molecule has 1 aromatic heterocycles. The molecular weight excluding hydrogens is 386 g/mol. The summed E-state index contributed by atoms with van der Waals surface area (Å²) in [5.74, 6) is 0.642. The molecule has 1 aliphatic rings. The highest BCUT2D eigenvalue weighted by Crippen LogP contribution is 2.22. The summed E-state index contributed by atoms with van der Waals surface area (Å²) in [6, 6.07) is 17.6. The predicted octanol–water partition coefficient (Wildman–Crippen LogP) is 4.41. The number of hydrogen-bond acceptors (Lipinski definition) is 5. The van der Waals surface area contributed by atoms with E-state index in [1.165, 1.54) is 31.5 Å². The smallest absolute Gasteiger partial charge is 0.251 e. The molecule has 2 N–H and O–H groups in total. The molecule has 3 aromatic rings. The number of nitrogens with zero attached hydrogens (tertiary/aromatic N) is 3. The van der Waals surface area contributed by atoms with Crippen molar-refractivity contribution in [3.8, 4) is 11.3 Å². The SMILES string of the molecule is Cc1cccc(-c2cc(Nc3cccc(C(=O)NCCCN4CCCC4)c3)ncn2)c1. The average molecular weight is 416 g/mol. The zero-order chi connectivity index (χ0) is 21.5. The molecule has 160 valence electrons. The lowest BCUT2D eigenvalue weighted by Crippen LogP contribution is -2.28. The molecule has 1 aliphatic heterocycles. The maximum absolute atomic E-state index is 12.5. The van der Waals surface area contributed by atoms with Crippen LogP contribution in [0.1, 0.15) is 35.2 Å². The number of aromatic nitrogens is 2. The number of likely N-dealkylation sites (tertiary alicyclic amines) is 1. The van der Waals surface area contributed by atoms with Crippen LogP contribution in [-0.2, 0) is 0 Å². The topological polar surface area (TPSA) is 70.2 Å². The Hall–Kier alpha value is -3.25. The van der Waals surface area contributed by atoms with Crippen molar-refractivity contribution in [1.29, 1.82) is 0 Å². The lowest BCUT2D eigenvalue weighted by atomic mass is 10.1. The maximum Gasteiger partial charge on any atom is 0.251 e. The number of amides is 1. The third-order valence-corrected chi connectivity index (χ3v) is 5.51. The van der Waals surface area contributed by atoms with Gasteiger partial charge in [0, 0.05) is 29.4 Å². The second-order valence-electron chi connectivity index (χ2n) is 8.02. The van der Waals surface area contributed by atoms with Gasteiger partial charge < -0.3 is 15.5 Å². The van der Waals surface area contributed by atoms with Gasteiger partial charge in [0.1, 0.15) is 12.1 Å². The minimum absolute atomic E-state index is 0.0480. The second-order valence-corrected chi connectivity index (χ2v) is 8.02. The van der Waals surface area contributed by atoms with Crippen LogP contribution in [0.3, 0.4) is 0 Å².